The molecule has 1 atom stereocenters. The number of hydrogen-bond donors (Lipinski definition) is 2. The molecule has 1 unspecified atom stereocenters. The Balaban J connectivity index is 1.42. The number of aryl methyl sites for hydroxylation is 1. The molecule has 0 bridgehead atoms. The summed E-state index contributed by atoms with van der Waals surface area (Å²) in [6.07, 6.45) is 11.6. The van der Waals surface area contributed by atoms with Gasteiger partial charge in [0.05, 0.1) is 30.1 Å². The Labute approximate surface area is 158 Å². The van der Waals surface area contributed by atoms with E-state index in [-0.39, 0.29) is 12.1 Å². The normalized spacial score (nSPS) is 19.7. The maximum Gasteiger partial charge on any atom is 0.320 e. The summed E-state index contributed by atoms with van der Waals surface area (Å²) < 4.78 is 7.20. The Hall–Kier alpha value is -2.48. The average molecular weight is 370 g/mol. The summed E-state index contributed by atoms with van der Waals surface area (Å²) in [4.78, 5) is 20.7. The van der Waals surface area contributed by atoms with Gasteiger partial charge >= 0.3 is 6.03 Å². The molecular formula is C19H26N6O2. The zero-order valence-corrected chi connectivity index (χ0v) is 15.6. The van der Waals surface area contributed by atoms with Gasteiger partial charge in [0, 0.05) is 19.4 Å². The van der Waals surface area contributed by atoms with E-state index in [4.69, 9.17) is 9.84 Å². The van der Waals surface area contributed by atoms with Crippen LogP contribution in [0.25, 0.3) is 0 Å². The molecule has 27 heavy (non-hydrogen) atoms. The fourth-order valence-electron chi connectivity index (χ4n) is 4.06. The number of ether oxygens (including phenoxy) is 1. The highest BCUT2D eigenvalue weighted by Crippen LogP contribution is 2.33. The molecule has 0 aliphatic heterocycles. The van der Waals surface area contributed by atoms with Crippen LogP contribution in [0, 0.1) is 0 Å². The van der Waals surface area contributed by atoms with Gasteiger partial charge in [0.1, 0.15) is 12.1 Å². The van der Waals surface area contributed by atoms with Crippen molar-refractivity contribution in [2.45, 2.75) is 63.6 Å². The second-order valence-corrected chi connectivity index (χ2v) is 7.33. The van der Waals surface area contributed by atoms with Gasteiger partial charge in [-0.25, -0.2) is 14.8 Å². The third kappa shape index (κ3) is 4.10. The number of fused-ring (bicyclic) bond motifs is 1. The van der Waals surface area contributed by atoms with Gasteiger partial charge < -0.3 is 10.1 Å². The summed E-state index contributed by atoms with van der Waals surface area (Å²) in [5.74, 6) is 0.460. The molecule has 2 aromatic heterocycles. The predicted octanol–water partition coefficient (Wildman–Crippen LogP) is 3.13. The summed E-state index contributed by atoms with van der Waals surface area (Å²) >= 11 is 0. The molecule has 2 aliphatic carbocycles. The van der Waals surface area contributed by atoms with Crippen LogP contribution in [0.2, 0.25) is 0 Å². The first-order chi connectivity index (χ1) is 13.2. The van der Waals surface area contributed by atoms with E-state index in [2.05, 4.69) is 31.5 Å². The number of carbonyl (C=O) groups is 1. The molecule has 2 aliphatic rings. The average Bonchev–Trinajstić information content (AvgIpc) is 3.32. The number of rotatable bonds is 5. The number of aromatic nitrogens is 4. The summed E-state index contributed by atoms with van der Waals surface area (Å²) in [6, 6.07) is 1.90. The van der Waals surface area contributed by atoms with Crippen molar-refractivity contribution < 1.29 is 9.53 Å². The minimum atomic E-state index is -0.273. The summed E-state index contributed by atoms with van der Waals surface area (Å²) in [6.45, 7) is 0.378. The van der Waals surface area contributed by atoms with Crippen LogP contribution in [0.5, 0.6) is 0 Å². The van der Waals surface area contributed by atoms with Crippen LogP contribution < -0.4 is 10.6 Å². The van der Waals surface area contributed by atoms with E-state index in [1.807, 2.05) is 0 Å². The van der Waals surface area contributed by atoms with Crippen molar-refractivity contribution in [2.24, 2.45) is 0 Å². The number of methoxy groups -OCH3 is 1. The van der Waals surface area contributed by atoms with Gasteiger partial charge in [-0.15, -0.1) is 0 Å². The fraction of sp³-hybridized carbons (Fsp3) is 0.579. The first-order valence-electron chi connectivity index (χ1n) is 9.68. The van der Waals surface area contributed by atoms with E-state index in [9.17, 15) is 4.79 Å². The van der Waals surface area contributed by atoms with E-state index in [1.165, 1.54) is 37.6 Å². The molecule has 1 saturated carbocycles. The van der Waals surface area contributed by atoms with E-state index in [1.54, 1.807) is 13.2 Å². The number of hydrogen-bond acceptors (Lipinski definition) is 5. The Morgan fingerprint density at radius 3 is 2.93 bits per heavy atom. The largest absolute Gasteiger partial charge is 0.378 e. The lowest BCUT2D eigenvalue weighted by molar-refractivity contribution is 0.181. The molecule has 2 N–H and O–H groups in total. The van der Waals surface area contributed by atoms with Crippen LogP contribution >= 0.6 is 0 Å². The SMILES string of the molecule is COCc1cc(NC(=O)NC2CCCc3cn(C4CCCC4)nc32)ncn1. The van der Waals surface area contributed by atoms with Crippen molar-refractivity contribution in [1.82, 2.24) is 25.1 Å². The molecule has 8 heteroatoms. The third-order valence-electron chi connectivity index (χ3n) is 5.37. The topological polar surface area (TPSA) is 94.0 Å². The van der Waals surface area contributed by atoms with Crippen molar-refractivity contribution in [1.29, 1.82) is 0 Å². The summed E-state index contributed by atoms with van der Waals surface area (Å²) in [7, 11) is 1.60. The molecule has 144 valence electrons. The van der Waals surface area contributed by atoms with E-state index in [0.717, 1.165) is 30.7 Å². The molecular weight excluding hydrogens is 344 g/mol. The van der Waals surface area contributed by atoms with E-state index >= 15 is 0 Å². The lowest BCUT2D eigenvalue weighted by Gasteiger charge is -2.22. The van der Waals surface area contributed by atoms with Crippen molar-refractivity contribution in [2.75, 3.05) is 12.4 Å². The van der Waals surface area contributed by atoms with Gasteiger partial charge in [0.15, 0.2) is 0 Å². The monoisotopic (exact) mass is 370 g/mol. The van der Waals surface area contributed by atoms with Crippen LogP contribution in [-0.2, 0) is 17.8 Å². The maximum absolute atomic E-state index is 12.5. The van der Waals surface area contributed by atoms with Crippen LogP contribution in [0.15, 0.2) is 18.6 Å². The molecule has 0 aromatic carbocycles. The predicted molar refractivity (Wildman–Crippen MR) is 100 cm³/mol. The molecule has 2 heterocycles. The van der Waals surface area contributed by atoms with Crippen molar-refractivity contribution in [3.8, 4) is 0 Å². The van der Waals surface area contributed by atoms with Crippen molar-refractivity contribution in [3.63, 3.8) is 0 Å². The fourth-order valence-corrected chi connectivity index (χ4v) is 4.06. The van der Waals surface area contributed by atoms with Gasteiger partial charge in [-0.2, -0.15) is 5.10 Å². The molecule has 1 fully saturated rings. The first-order valence-corrected chi connectivity index (χ1v) is 9.68. The van der Waals surface area contributed by atoms with Crippen molar-refractivity contribution >= 4 is 11.8 Å². The molecule has 0 spiro atoms. The number of anilines is 1. The highest BCUT2D eigenvalue weighted by atomic mass is 16.5. The smallest absolute Gasteiger partial charge is 0.320 e. The minimum Gasteiger partial charge on any atom is -0.378 e. The lowest BCUT2D eigenvalue weighted by Crippen LogP contribution is -2.34. The Morgan fingerprint density at radius 1 is 1.26 bits per heavy atom. The number of carbonyl (C=O) groups excluding carboxylic acids is 1. The highest BCUT2D eigenvalue weighted by molar-refractivity contribution is 5.88. The Bertz CT molecular complexity index is 799. The second-order valence-electron chi connectivity index (χ2n) is 7.33. The third-order valence-corrected chi connectivity index (χ3v) is 5.37. The van der Waals surface area contributed by atoms with E-state index < -0.39 is 0 Å². The molecule has 0 radical (unpaired) electrons. The first kappa shape index (κ1) is 17.9. The Morgan fingerprint density at radius 2 is 2.11 bits per heavy atom. The molecule has 0 saturated heterocycles. The number of nitrogens with zero attached hydrogens (tertiary/aromatic N) is 4. The quantitative estimate of drug-likeness (QED) is 0.843. The Kier molecular flexibility index (Phi) is 5.33. The number of amides is 2. The van der Waals surface area contributed by atoms with Crippen LogP contribution in [0.4, 0.5) is 10.6 Å². The minimum absolute atomic E-state index is 0.0586. The lowest BCUT2D eigenvalue weighted by atomic mass is 9.94. The van der Waals surface area contributed by atoms with Gasteiger partial charge in [0.2, 0.25) is 0 Å². The van der Waals surface area contributed by atoms with Crippen LogP contribution in [-0.4, -0.2) is 32.9 Å². The van der Waals surface area contributed by atoms with Gasteiger partial charge in [0.25, 0.3) is 0 Å². The summed E-state index contributed by atoms with van der Waals surface area (Å²) in [5.41, 5.74) is 3.01. The standard InChI is InChI=1S/C19H26N6O2/c1-27-11-14-9-17(21-12-20-14)23-19(26)22-16-8-4-5-13-10-25(24-18(13)16)15-6-2-3-7-15/h9-10,12,15-16H,2-8,11H2,1H3,(H2,20,21,22,23,26). The molecule has 8 nitrogen and oxygen atoms in total. The van der Waals surface area contributed by atoms with E-state index in [0.29, 0.717) is 18.5 Å². The van der Waals surface area contributed by atoms with Gasteiger partial charge in [-0.1, -0.05) is 12.8 Å². The molecule has 2 amide bonds. The van der Waals surface area contributed by atoms with Crippen LogP contribution in [0.3, 0.4) is 0 Å². The summed E-state index contributed by atoms with van der Waals surface area (Å²) in [5, 5.41) is 10.7. The van der Waals surface area contributed by atoms with Crippen molar-refractivity contribution in [3.05, 3.63) is 35.5 Å². The highest BCUT2D eigenvalue weighted by Gasteiger charge is 2.27. The molecule has 2 aromatic rings. The number of urea groups is 1. The van der Waals surface area contributed by atoms with Gasteiger partial charge in [-0.3, -0.25) is 10.00 Å². The number of nitrogens with one attached hydrogen (secondary N) is 2. The van der Waals surface area contributed by atoms with Gasteiger partial charge in [-0.05, 0) is 37.7 Å². The zero-order valence-electron chi connectivity index (χ0n) is 15.6. The maximum atomic E-state index is 12.5. The second kappa shape index (κ2) is 8.04. The molecule has 4 rings (SSSR count). The van der Waals surface area contributed by atoms with Crippen LogP contribution in [0.1, 0.15) is 67.6 Å². The zero-order chi connectivity index (χ0) is 18.6.